The lowest BCUT2D eigenvalue weighted by molar-refractivity contribution is 0.306. The third kappa shape index (κ3) is 6.28. The molecule has 3 rings (SSSR count). The number of rotatable bonds is 4. The first kappa shape index (κ1) is 17.8. The van der Waals surface area contributed by atoms with Crippen molar-refractivity contribution in [1.29, 1.82) is 5.26 Å². The Labute approximate surface area is 151 Å². The monoisotopic (exact) mass is 379 g/mol. The predicted molar refractivity (Wildman–Crippen MR) is 101 cm³/mol. The number of hydrogen-bond donors (Lipinski definition) is 0. The van der Waals surface area contributed by atoms with Gasteiger partial charge in [-0.2, -0.15) is 5.26 Å². The van der Waals surface area contributed by atoms with Gasteiger partial charge in [-0.3, -0.25) is 0 Å². The van der Waals surface area contributed by atoms with Gasteiger partial charge in [0.05, 0.1) is 11.6 Å². The van der Waals surface area contributed by atoms with Crippen LogP contribution in [0.3, 0.4) is 0 Å². The summed E-state index contributed by atoms with van der Waals surface area (Å²) < 4.78 is 5.58. The van der Waals surface area contributed by atoms with Gasteiger partial charge in [0.2, 0.25) is 0 Å². The second kappa shape index (κ2) is 10.3. The summed E-state index contributed by atoms with van der Waals surface area (Å²) in [5.41, 5.74) is 3.10. The van der Waals surface area contributed by atoms with Gasteiger partial charge in [-0.15, -0.1) is 0 Å². The van der Waals surface area contributed by atoms with Crippen molar-refractivity contribution >= 4 is 15.9 Å². The fourth-order valence-electron chi connectivity index (χ4n) is 1.93. The number of hydrogen-bond acceptors (Lipinski definition) is 2. The van der Waals surface area contributed by atoms with Gasteiger partial charge in [-0.25, -0.2) is 0 Å². The van der Waals surface area contributed by atoms with Gasteiger partial charge >= 0.3 is 0 Å². The standard InChI is InChI=1S/C14H11NO.C7H7Br/c15-10-12-6-8-14(9-7-12)16-11-13-4-2-1-3-5-13;8-6-7-4-2-1-3-5-7/h1-9H,11H2;1-5H,6H2. The van der Waals surface area contributed by atoms with Crippen LogP contribution in [0.1, 0.15) is 16.7 Å². The summed E-state index contributed by atoms with van der Waals surface area (Å²) in [5.74, 6) is 0.780. The Morgan fingerprint density at radius 3 is 1.75 bits per heavy atom. The van der Waals surface area contributed by atoms with E-state index in [2.05, 4.69) is 34.1 Å². The molecule has 0 unspecified atom stereocenters. The molecule has 0 amide bonds. The summed E-state index contributed by atoms with van der Waals surface area (Å²) in [5, 5.41) is 9.60. The lowest BCUT2D eigenvalue weighted by Crippen LogP contribution is -1.94. The molecule has 24 heavy (non-hydrogen) atoms. The molecular weight excluding hydrogens is 362 g/mol. The maximum absolute atomic E-state index is 8.65. The molecule has 0 fully saturated rings. The maximum atomic E-state index is 8.65. The predicted octanol–water partition coefficient (Wildman–Crippen LogP) is 5.72. The van der Waals surface area contributed by atoms with Crippen LogP contribution in [0, 0.1) is 11.3 Å². The van der Waals surface area contributed by atoms with Crippen LogP contribution >= 0.6 is 15.9 Å². The first-order valence-corrected chi connectivity index (χ1v) is 8.70. The molecule has 0 radical (unpaired) electrons. The molecule has 0 heterocycles. The highest BCUT2D eigenvalue weighted by molar-refractivity contribution is 9.08. The maximum Gasteiger partial charge on any atom is 0.119 e. The zero-order chi connectivity index (χ0) is 17.0. The van der Waals surface area contributed by atoms with Crippen molar-refractivity contribution in [3.63, 3.8) is 0 Å². The summed E-state index contributed by atoms with van der Waals surface area (Å²) >= 11 is 3.36. The molecule has 0 N–H and O–H groups in total. The van der Waals surface area contributed by atoms with Crippen LogP contribution < -0.4 is 4.74 Å². The van der Waals surface area contributed by atoms with Crippen LogP contribution in [0.2, 0.25) is 0 Å². The largest absolute Gasteiger partial charge is 0.489 e. The molecule has 3 heteroatoms. The van der Waals surface area contributed by atoms with E-state index in [9.17, 15) is 0 Å². The average Bonchev–Trinajstić information content (AvgIpc) is 2.69. The minimum atomic E-state index is 0.548. The van der Waals surface area contributed by atoms with Crippen molar-refractivity contribution in [3.8, 4) is 11.8 Å². The molecule has 0 saturated heterocycles. The topological polar surface area (TPSA) is 33.0 Å². The van der Waals surface area contributed by atoms with Gasteiger partial charge in [0, 0.05) is 5.33 Å². The van der Waals surface area contributed by atoms with E-state index in [1.165, 1.54) is 5.56 Å². The highest BCUT2D eigenvalue weighted by Gasteiger charge is 1.95. The fraction of sp³-hybridized carbons (Fsp3) is 0.0952. The highest BCUT2D eigenvalue weighted by Crippen LogP contribution is 2.13. The van der Waals surface area contributed by atoms with Crippen LogP contribution in [0.5, 0.6) is 5.75 Å². The molecule has 0 aliphatic heterocycles. The lowest BCUT2D eigenvalue weighted by Gasteiger charge is -2.05. The fourth-order valence-corrected chi connectivity index (χ4v) is 2.31. The van der Waals surface area contributed by atoms with Gasteiger partial charge in [0.15, 0.2) is 0 Å². The molecule has 0 aliphatic rings. The van der Waals surface area contributed by atoms with Crippen LogP contribution in [0.15, 0.2) is 84.9 Å². The van der Waals surface area contributed by atoms with E-state index in [0.717, 1.165) is 16.6 Å². The third-order valence-corrected chi connectivity index (χ3v) is 3.88. The van der Waals surface area contributed by atoms with E-state index < -0.39 is 0 Å². The zero-order valence-electron chi connectivity index (χ0n) is 13.2. The number of benzene rings is 3. The SMILES string of the molecule is BrCc1ccccc1.N#Cc1ccc(OCc2ccccc2)cc1. The first-order chi connectivity index (χ1) is 11.8. The quantitative estimate of drug-likeness (QED) is 0.543. The van der Waals surface area contributed by atoms with Crippen molar-refractivity contribution in [2.75, 3.05) is 0 Å². The normalized spacial score (nSPS) is 9.33. The van der Waals surface area contributed by atoms with E-state index >= 15 is 0 Å². The summed E-state index contributed by atoms with van der Waals surface area (Å²) in [6.45, 7) is 0.548. The molecule has 0 saturated carbocycles. The van der Waals surface area contributed by atoms with Gasteiger partial charge in [-0.05, 0) is 35.4 Å². The number of ether oxygens (including phenoxy) is 1. The van der Waals surface area contributed by atoms with Crippen LogP contribution in [0.25, 0.3) is 0 Å². The number of alkyl halides is 1. The van der Waals surface area contributed by atoms with E-state index in [4.69, 9.17) is 10.00 Å². The zero-order valence-corrected chi connectivity index (χ0v) is 14.8. The molecule has 3 aromatic carbocycles. The summed E-state index contributed by atoms with van der Waals surface area (Å²) in [4.78, 5) is 0. The molecule has 0 aromatic heterocycles. The Bertz CT molecular complexity index is 749. The van der Waals surface area contributed by atoms with E-state index in [-0.39, 0.29) is 0 Å². The van der Waals surface area contributed by atoms with Gasteiger partial charge in [0.1, 0.15) is 12.4 Å². The van der Waals surface area contributed by atoms with Crippen molar-refractivity contribution < 1.29 is 4.74 Å². The second-order valence-electron chi connectivity index (χ2n) is 5.03. The van der Waals surface area contributed by atoms with Crippen molar-refractivity contribution in [3.05, 3.63) is 102 Å². The first-order valence-electron chi connectivity index (χ1n) is 7.58. The molecule has 0 bridgehead atoms. The average molecular weight is 380 g/mol. The Hall–Kier alpha value is -2.57. The summed E-state index contributed by atoms with van der Waals surface area (Å²) in [6.07, 6.45) is 0. The van der Waals surface area contributed by atoms with Crippen LogP contribution in [-0.2, 0) is 11.9 Å². The molecule has 3 aromatic rings. The third-order valence-electron chi connectivity index (χ3n) is 3.23. The van der Waals surface area contributed by atoms with Crippen molar-refractivity contribution in [2.24, 2.45) is 0 Å². The summed E-state index contributed by atoms with van der Waals surface area (Å²) in [7, 11) is 0. The van der Waals surface area contributed by atoms with Gasteiger partial charge < -0.3 is 4.74 Å². The molecule has 0 aliphatic carbocycles. The number of halogens is 1. The number of nitrogens with zero attached hydrogens (tertiary/aromatic N) is 1. The van der Waals surface area contributed by atoms with Gasteiger partial charge in [0.25, 0.3) is 0 Å². The van der Waals surface area contributed by atoms with Crippen LogP contribution in [0.4, 0.5) is 0 Å². The molecule has 120 valence electrons. The van der Waals surface area contributed by atoms with E-state index in [1.807, 2.05) is 60.7 Å². The Balaban J connectivity index is 0.000000219. The van der Waals surface area contributed by atoms with Gasteiger partial charge in [-0.1, -0.05) is 76.6 Å². The molecule has 2 nitrogen and oxygen atoms in total. The minimum absolute atomic E-state index is 0.548. The van der Waals surface area contributed by atoms with Crippen molar-refractivity contribution in [2.45, 2.75) is 11.9 Å². The number of nitriles is 1. The highest BCUT2D eigenvalue weighted by atomic mass is 79.9. The van der Waals surface area contributed by atoms with Crippen molar-refractivity contribution in [1.82, 2.24) is 0 Å². The summed E-state index contributed by atoms with van der Waals surface area (Å²) in [6, 6.07) is 29.4. The Kier molecular flexibility index (Phi) is 7.59. The van der Waals surface area contributed by atoms with E-state index in [1.54, 1.807) is 12.1 Å². The molecular formula is C21H18BrNO. The minimum Gasteiger partial charge on any atom is -0.489 e. The lowest BCUT2D eigenvalue weighted by atomic mass is 10.2. The Morgan fingerprint density at radius 2 is 1.29 bits per heavy atom. The second-order valence-corrected chi connectivity index (χ2v) is 5.59. The molecule has 0 atom stereocenters. The van der Waals surface area contributed by atoms with Crippen LogP contribution in [-0.4, -0.2) is 0 Å². The smallest absolute Gasteiger partial charge is 0.119 e. The Morgan fingerprint density at radius 1 is 0.750 bits per heavy atom. The molecule has 0 spiro atoms. The van der Waals surface area contributed by atoms with E-state index in [0.29, 0.717) is 12.2 Å².